The van der Waals surface area contributed by atoms with E-state index in [-0.39, 0.29) is 0 Å². The molecule has 0 N–H and O–H groups in total. The van der Waals surface area contributed by atoms with Gasteiger partial charge in [0.05, 0.1) is 12.2 Å². The molecule has 4 rings (SSSR count). The van der Waals surface area contributed by atoms with Gasteiger partial charge in [-0.15, -0.1) is 0 Å². The number of likely N-dealkylation sites (N-methyl/N-ethyl adjacent to an activating group) is 1. The number of nitrogens with zero attached hydrogens (tertiary/aromatic N) is 3. The summed E-state index contributed by atoms with van der Waals surface area (Å²) in [6.45, 7) is 17.1. The quantitative estimate of drug-likeness (QED) is 0.502. The maximum absolute atomic E-state index is 6.12. The highest BCUT2D eigenvalue weighted by Crippen LogP contribution is 2.45. The lowest BCUT2D eigenvalue weighted by Crippen LogP contribution is -2.47. The molecule has 0 saturated carbocycles. The molecule has 1 aromatic carbocycles. The predicted molar refractivity (Wildman–Crippen MR) is 138 cm³/mol. The van der Waals surface area contributed by atoms with Crippen LogP contribution in [-0.2, 0) is 0 Å². The van der Waals surface area contributed by atoms with Crippen molar-refractivity contribution in [2.75, 3.05) is 62.7 Å². The summed E-state index contributed by atoms with van der Waals surface area (Å²) in [5.41, 5.74) is 6.04. The number of rotatable bonds is 6. The lowest BCUT2D eigenvalue weighted by Gasteiger charge is -2.39. The van der Waals surface area contributed by atoms with Crippen LogP contribution in [0.4, 0.5) is 11.4 Å². The SMILES string of the molecule is CCCCCN1CCN(c2cc3c(cc2C2=CCC(C(C)(C)C)CC2)N(C)CCO3)CC1. The standard InChI is InChI=1S/C28H45N3O/c1-6-7-8-13-30-14-16-31(17-15-30)25-21-27-26(29(5)18-19-32-27)20-24(25)22-9-11-23(12-10-22)28(2,3)4/h9,20-21,23H,6-8,10-19H2,1-5H3. The summed E-state index contributed by atoms with van der Waals surface area (Å²) in [4.78, 5) is 7.64. The lowest BCUT2D eigenvalue weighted by atomic mass is 9.72. The molecule has 0 amide bonds. The maximum atomic E-state index is 6.12. The van der Waals surface area contributed by atoms with Gasteiger partial charge in [0.2, 0.25) is 0 Å². The van der Waals surface area contributed by atoms with Crippen LogP contribution in [0.2, 0.25) is 0 Å². The average Bonchev–Trinajstić information content (AvgIpc) is 2.79. The van der Waals surface area contributed by atoms with E-state index in [1.807, 2.05) is 0 Å². The first kappa shape index (κ1) is 23.5. The predicted octanol–water partition coefficient (Wildman–Crippen LogP) is 6.06. The van der Waals surface area contributed by atoms with Crippen LogP contribution < -0.4 is 14.5 Å². The van der Waals surface area contributed by atoms with Gasteiger partial charge in [-0.3, -0.25) is 4.90 Å². The van der Waals surface area contributed by atoms with Crippen molar-refractivity contribution in [1.82, 2.24) is 4.90 Å². The zero-order chi connectivity index (χ0) is 22.7. The molecule has 1 unspecified atom stereocenters. The Morgan fingerprint density at radius 2 is 1.78 bits per heavy atom. The molecular formula is C28H45N3O. The molecule has 1 atom stereocenters. The van der Waals surface area contributed by atoms with Gasteiger partial charge < -0.3 is 14.5 Å². The first-order valence-electron chi connectivity index (χ1n) is 13.1. The summed E-state index contributed by atoms with van der Waals surface area (Å²) in [5.74, 6) is 1.84. The van der Waals surface area contributed by atoms with Crippen LogP contribution in [0, 0.1) is 11.3 Å². The second-order valence-corrected chi connectivity index (χ2v) is 11.2. The summed E-state index contributed by atoms with van der Waals surface area (Å²) in [7, 11) is 2.20. The molecular weight excluding hydrogens is 394 g/mol. The molecule has 0 aromatic heterocycles. The molecule has 178 valence electrons. The van der Waals surface area contributed by atoms with Crippen molar-refractivity contribution < 1.29 is 4.74 Å². The molecule has 32 heavy (non-hydrogen) atoms. The second-order valence-electron chi connectivity index (χ2n) is 11.2. The molecule has 1 fully saturated rings. The average molecular weight is 440 g/mol. The molecule has 0 spiro atoms. The van der Waals surface area contributed by atoms with E-state index in [0.29, 0.717) is 5.41 Å². The Kier molecular flexibility index (Phi) is 7.39. The van der Waals surface area contributed by atoms with Gasteiger partial charge in [-0.25, -0.2) is 0 Å². The Hall–Kier alpha value is -1.68. The monoisotopic (exact) mass is 439 g/mol. The van der Waals surface area contributed by atoms with Gasteiger partial charge in [0.15, 0.2) is 0 Å². The Morgan fingerprint density at radius 3 is 2.44 bits per heavy atom. The van der Waals surface area contributed by atoms with Crippen molar-refractivity contribution in [2.24, 2.45) is 11.3 Å². The summed E-state index contributed by atoms with van der Waals surface area (Å²) >= 11 is 0. The number of fused-ring (bicyclic) bond motifs is 1. The highest BCUT2D eigenvalue weighted by Gasteiger charge is 2.29. The van der Waals surface area contributed by atoms with Gasteiger partial charge in [0, 0.05) is 50.5 Å². The molecule has 0 radical (unpaired) electrons. The summed E-state index contributed by atoms with van der Waals surface area (Å²) in [6, 6.07) is 4.78. The normalized spacial score (nSPS) is 22.4. The zero-order valence-corrected chi connectivity index (χ0v) is 21.3. The maximum Gasteiger partial charge on any atom is 0.144 e. The van der Waals surface area contributed by atoms with Crippen LogP contribution in [0.5, 0.6) is 5.75 Å². The number of allylic oxidation sites excluding steroid dienone is 2. The molecule has 1 aromatic rings. The van der Waals surface area contributed by atoms with Gasteiger partial charge in [-0.2, -0.15) is 0 Å². The van der Waals surface area contributed by atoms with Crippen molar-refractivity contribution in [3.05, 3.63) is 23.8 Å². The van der Waals surface area contributed by atoms with E-state index in [9.17, 15) is 0 Å². The van der Waals surface area contributed by atoms with E-state index in [2.05, 4.69) is 67.7 Å². The van der Waals surface area contributed by atoms with E-state index in [1.165, 1.54) is 75.1 Å². The van der Waals surface area contributed by atoms with Crippen LogP contribution in [0.15, 0.2) is 18.2 Å². The molecule has 2 aliphatic heterocycles. The van der Waals surface area contributed by atoms with E-state index < -0.39 is 0 Å². The fraction of sp³-hybridized carbons (Fsp3) is 0.714. The van der Waals surface area contributed by atoms with Crippen molar-refractivity contribution in [3.63, 3.8) is 0 Å². The van der Waals surface area contributed by atoms with Crippen LogP contribution in [0.1, 0.15) is 71.8 Å². The van der Waals surface area contributed by atoms with Crippen LogP contribution in [0.3, 0.4) is 0 Å². The number of benzene rings is 1. The third-order valence-corrected chi connectivity index (χ3v) is 7.95. The third kappa shape index (κ3) is 5.27. The fourth-order valence-electron chi connectivity index (χ4n) is 5.57. The van der Waals surface area contributed by atoms with E-state index >= 15 is 0 Å². The molecule has 4 nitrogen and oxygen atoms in total. The molecule has 1 saturated heterocycles. The van der Waals surface area contributed by atoms with Crippen LogP contribution >= 0.6 is 0 Å². The number of unbranched alkanes of at least 4 members (excludes halogenated alkanes) is 2. The Labute approximate surface area is 196 Å². The van der Waals surface area contributed by atoms with E-state index in [1.54, 1.807) is 5.57 Å². The van der Waals surface area contributed by atoms with E-state index in [0.717, 1.165) is 37.9 Å². The number of hydrogen-bond acceptors (Lipinski definition) is 4. The first-order chi connectivity index (χ1) is 15.4. The lowest BCUT2D eigenvalue weighted by molar-refractivity contribution is 0.225. The van der Waals surface area contributed by atoms with Gasteiger partial charge in [-0.05, 0) is 55.2 Å². The highest BCUT2D eigenvalue weighted by molar-refractivity contribution is 5.83. The topological polar surface area (TPSA) is 19.0 Å². The largest absolute Gasteiger partial charge is 0.489 e. The Morgan fingerprint density at radius 1 is 1.00 bits per heavy atom. The third-order valence-electron chi connectivity index (χ3n) is 7.95. The van der Waals surface area contributed by atoms with Gasteiger partial charge in [0.1, 0.15) is 12.4 Å². The number of anilines is 2. The van der Waals surface area contributed by atoms with Crippen LogP contribution in [0.25, 0.3) is 5.57 Å². The molecule has 0 bridgehead atoms. The smallest absolute Gasteiger partial charge is 0.144 e. The van der Waals surface area contributed by atoms with Gasteiger partial charge in [-0.1, -0.05) is 46.6 Å². The van der Waals surface area contributed by atoms with Crippen LogP contribution in [-0.4, -0.2) is 57.8 Å². The van der Waals surface area contributed by atoms with Crippen molar-refractivity contribution in [1.29, 1.82) is 0 Å². The minimum atomic E-state index is 0.392. The summed E-state index contributed by atoms with van der Waals surface area (Å²) < 4.78 is 6.12. The Balaban J connectivity index is 1.57. The van der Waals surface area contributed by atoms with Crippen molar-refractivity contribution >= 4 is 16.9 Å². The minimum Gasteiger partial charge on any atom is -0.489 e. The minimum absolute atomic E-state index is 0.392. The first-order valence-corrected chi connectivity index (χ1v) is 13.1. The van der Waals surface area contributed by atoms with Gasteiger partial charge >= 0.3 is 0 Å². The van der Waals surface area contributed by atoms with Gasteiger partial charge in [0.25, 0.3) is 0 Å². The molecule has 4 heteroatoms. The summed E-state index contributed by atoms with van der Waals surface area (Å²) in [5, 5.41) is 0. The summed E-state index contributed by atoms with van der Waals surface area (Å²) in [6.07, 6.45) is 10.2. The zero-order valence-electron chi connectivity index (χ0n) is 21.3. The molecule has 3 aliphatic rings. The second kappa shape index (κ2) is 10.1. The van der Waals surface area contributed by atoms with Crippen molar-refractivity contribution in [2.45, 2.75) is 66.2 Å². The number of ether oxygens (including phenoxy) is 1. The Bertz CT molecular complexity index is 802. The molecule has 1 aliphatic carbocycles. The number of piperazine rings is 1. The van der Waals surface area contributed by atoms with Crippen molar-refractivity contribution in [3.8, 4) is 5.75 Å². The number of hydrogen-bond donors (Lipinski definition) is 0. The van der Waals surface area contributed by atoms with E-state index in [4.69, 9.17) is 4.74 Å². The molecule has 2 heterocycles. The fourth-order valence-corrected chi connectivity index (χ4v) is 5.57. The highest BCUT2D eigenvalue weighted by atomic mass is 16.5.